The largest absolute Gasteiger partial charge is 0.493 e. The van der Waals surface area contributed by atoms with Crippen LogP contribution in [0.2, 0.25) is 0 Å². The van der Waals surface area contributed by atoms with Gasteiger partial charge in [0.25, 0.3) is 5.91 Å². The van der Waals surface area contributed by atoms with Gasteiger partial charge in [0, 0.05) is 10.0 Å². The van der Waals surface area contributed by atoms with Crippen LogP contribution < -0.4 is 14.8 Å². The van der Waals surface area contributed by atoms with Crippen molar-refractivity contribution in [2.24, 2.45) is 0 Å². The third-order valence-corrected chi connectivity index (χ3v) is 3.91. The summed E-state index contributed by atoms with van der Waals surface area (Å²) in [6.45, 7) is 0. The molecule has 3 aromatic rings. The molecule has 0 unspecified atom stereocenters. The van der Waals surface area contributed by atoms with E-state index in [2.05, 4.69) is 31.4 Å². The first-order valence-corrected chi connectivity index (χ1v) is 8.03. The summed E-state index contributed by atoms with van der Waals surface area (Å²) in [5.74, 6) is 0.647. The summed E-state index contributed by atoms with van der Waals surface area (Å²) < 4.78 is 16.9. The van der Waals surface area contributed by atoms with Crippen LogP contribution >= 0.6 is 15.9 Å². The van der Waals surface area contributed by atoms with Gasteiger partial charge >= 0.3 is 6.01 Å². The highest BCUT2D eigenvalue weighted by Gasteiger charge is 2.19. The minimum Gasteiger partial charge on any atom is -0.493 e. The zero-order valence-electron chi connectivity index (χ0n) is 13.4. The molecule has 7 nitrogen and oxygen atoms in total. The van der Waals surface area contributed by atoms with E-state index in [4.69, 9.17) is 13.9 Å². The van der Waals surface area contributed by atoms with Crippen molar-refractivity contribution in [3.63, 3.8) is 0 Å². The minimum atomic E-state index is -0.443. The Hall–Kier alpha value is -2.87. The number of nitrogens with one attached hydrogen (secondary N) is 1. The number of benzene rings is 2. The van der Waals surface area contributed by atoms with Gasteiger partial charge < -0.3 is 13.9 Å². The molecular formula is C17H14BrN3O4. The lowest BCUT2D eigenvalue weighted by molar-refractivity contribution is 0.102. The highest BCUT2D eigenvalue weighted by molar-refractivity contribution is 9.10. The number of rotatable bonds is 5. The number of carbonyl (C=O) groups excluding carboxylic acids is 1. The van der Waals surface area contributed by atoms with Crippen molar-refractivity contribution in [3.8, 4) is 23.0 Å². The molecule has 0 aliphatic rings. The lowest BCUT2D eigenvalue weighted by Crippen LogP contribution is -2.13. The third-order valence-electron chi connectivity index (χ3n) is 3.38. The average molecular weight is 404 g/mol. The second kappa shape index (κ2) is 7.35. The number of halogens is 1. The first-order valence-electron chi connectivity index (χ1n) is 7.24. The van der Waals surface area contributed by atoms with Crippen molar-refractivity contribution < 1.29 is 18.7 Å². The smallest absolute Gasteiger partial charge is 0.322 e. The molecule has 0 aliphatic heterocycles. The molecule has 0 atom stereocenters. The van der Waals surface area contributed by atoms with E-state index in [0.29, 0.717) is 23.0 Å². The molecule has 2 aromatic carbocycles. The van der Waals surface area contributed by atoms with Gasteiger partial charge in [-0.2, -0.15) is 0 Å². The molecule has 0 radical (unpaired) electrons. The van der Waals surface area contributed by atoms with Crippen LogP contribution in [0.1, 0.15) is 10.4 Å². The van der Waals surface area contributed by atoms with Crippen molar-refractivity contribution in [2.45, 2.75) is 0 Å². The Morgan fingerprint density at radius 1 is 1.08 bits per heavy atom. The highest BCUT2D eigenvalue weighted by Crippen LogP contribution is 2.31. The maximum atomic E-state index is 12.5. The molecule has 0 spiro atoms. The number of ether oxygens (including phenoxy) is 2. The van der Waals surface area contributed by atoms with Crippen molar-refractivity contribution >= 4 is 27.9 Å². The first kappa shape index (κ1) is 17.0. The second-order valence-corrected chi connectivity index (χ2v) is 5.83. The van der Waals surface area contributed by atoms with Gasteiger partial charge in [0.1, 0.15) is 0 Å². The van der Waals surface area contributed by atoms with Crippen LogP contribution in [0.3, 0.4) is 0 Å². The monoisotopic (exact) mass is 403 g/mol. The number of methoxy groups -OCH3 is 2. The topological polar surface area (TPSA) is 86.5 Å². The summed E-state index contributed by atoms with van der Waals surface area (Å²) in [7, 11) is 2.97. The van der Waals surface area contributed by atoms with E-state index >= 15 is 0 Å². The van der Waals surface area contributed by atoms with Gasteiger partial charge in [0.2, 0.25) is 5.89 Å². The molecule has 0 saturated carbocycles. The number of carbonyl (C=O) groups is 1. The molecule has 128 valence electrons. The van der Waals surface area contributed by atoms with Gasteiger partial charge in [-0.05, 0) is 36.4 Å². The maximum absolute atomic E-state index is 12.5. The highest BCUT2D eigenvalue weighted by atomic mass is 79.9. The number of hydrogen-bond acceptors (Lipinski definition) is 6. The lowest BCUT2D eigenvalue weighted by atomic mass is 10.1. The fraction of sp³-hybridized carbons (Fsp3) is 0.118. The number of aromatic nitrogens is 2. The zero-order chi connectivity index (χ0) is 17.8. The molecule has 0 fully saturated rings. The number of para-hydroxylation sites is 1. The minimum absolute atomic E-state index is 0.00667. The van der Waals surface area contributed by atoms with Crippen LogP contribution in [0, 0.1) is 0 Å². The van der Waals surface area contributed by atoms with E-state index in [-0.39, 0.29) is 6.01 Å². The molecule has 0 aliphatic carbocycles. The van der Waals surface area contributed by atoms with Crippen LogP contribution in [0.4, 0.5) is 6.01 Å². The summed E-state index contributed by atoms with van der Waals surface area (Å²) in [5.41, 5.74) is 1.04. The summed E-state index contributed by atoms with van der Waals surface area (Å²) in [5, 5.41) is 10.3. The van der Waals surface area contributed by atoms with E-state index in [9.17, 15) is 4.79 Å². The lowest BCUT2D eigenvalue weighted by Gasteiger charge is -2.11. The van der Waals surface area contributed by atoms with Crippen LogP contribution in [0.15, 0.2) is 51.4 Å². The Balaban J connectivity index is 1.82. The standard InChI is InChI=1S/C17H14BrN3O4/c1-23-13-5-3-4-12(14(13)24-2)15(22)19-17-21-20-16(25-17)10-6-8-11(18)9-7-10/h3-9H,1-2H3,(H,19,21,22). The molecule has 1 N–H and O–H groups in total. The predicted octanol–water partition coefficient (Wildman–Crippen LogP) is 3.77. The Morgan fingerprint density at radius 3 is 2.52 bits per heavy atom. The van der Waals surface area contributed by atoms with Crippen LogP contribution in [-0.4, -0.2) is 30.3 Å². The molecule has 8 heteroatoms. The molecule has 0 saturated heterocycles. The fourth-order valence-corrected chi connectivity index (χ4v) is 2.48. The number of hydrogen-bond donors (Lipinski definition) is 1. The van der Waals surface area contributed by atoms with Crippen LogP contribution in [0.25, 0.3) is 11.5 Å². The molecule has 0 bridgehead atoms. The molecular weight excluding hydrogens is 390 g/mol. The molecule has 1 aromatic heterocycles. The van der Waals surface area contributed by atoms with Gasteiger partial charge in [0.05, 0.1) is 19.8 Å². The zero-order valence-corrected chi connectivity index (χ0v) is 15.0. The number of nitrogens with zero attached hydrogens (tertiary/aromatic N) is 2. The normalized spacial score (nSPS) is 10.4. The number of amides is 1. The van der Waals surface area contributed by atoms with Gasteiger partial charge in [-0.1, -0.05) is 27.1 Å². The Kier molecular flexibility index (Phi) is 4.99. The maximum Gasteiger partial charge on any atom is 0.322 e. The summed E-state index contributed by atoms with van der Waals surface area (Å²) >= 11 is 3.36. The van der Waals surface area contributed by atoms with E-state index in [1.807, 2.05) is 24.3 Å². The summed E-state index contributed by atoms with van der Waals surface area (Å²) in [6, 6.07) is 12.4. The summed E-state index contributed by atoms with van der Waals surface area (Å²) in [4.78, 5) is 12.5. The van der Waals surface area contributed by atoms with Gasteiger partial charge in [-0.25, -0.2) is 0 Å². The Morgan fingerprint density at radius 2 is 1.84 bits per heavy atom. The van der Waals surface area contributed by atoms with Crippen molar-refractivity contribution in [2.75, 3.05) is 19.5 Å². The van der Waals surface area contributed by atoms with Crippen LogP contribution in [-0.2, 0) is 0 Å². The molecule has 1 heterocycles. The van der Waals surface area contributed by atoms with Gasteiger partial charge in [-0.3, -0.25) is 10.1 Å². The Bertz CT molecular complexity index is 893. The van der Waals surface area contributed by atoms with E-state index < -0.39 is 5.91 Å². The van der Waals surface area contributed by atoms with E-state index in [0.717, 1.165) is 10.0 Å². The quantitative estimate of drug-likeness (QED) is 0.697. The van der Waals surface area contributed by atoms with Gasteiger partial charge in [0.15, 0.2) is 11.5 Å². The average Bonchev–Trinajstić information content (AvgIpc) is 3.09. The van der Waals surface area contributed by atoms with Gasteiger partial charge in [-0.15, -0.1) is 5.10 Å². The SMILES string of the molecule is COc1cccc(C(=O)Nc2nnc(-c3ccc(Br)cc3)o2)c1OC. The first-order chi connectivity index (χ1) is 12.1. The fourth-order valence-electron chi connectivity index (χ4n) is 2.21. The third kappa shape index (κ3) is 3.63. The van der Waals surface area contributed by atoms with Crippen molar-refractivity contribution in [1.29, 1.82) is 0 Å². The number of anilines is 1. The molecule has 1 amide bonds. The van der Waals surface area contributed by atoms with Crippen LogP contribution in [0.5, 0.6) is 11.5 Å². The predicted molar refractivity (Wildman–Crippen MR) is 94.9 cm³/mol. The second-order valence-electron chi connectivity index (χ2n) is 4.91. The van der Waals surface area contributed by atoms with Crippen molar-refractivity contribution in [3.05, 3.63) is 52.5 Å². The Labute approximate surface area is 152 Å². The molecule has 3 rings (SSSR count). The van der Waals surface area contributed by atoms with Crippen molar-refractivity contribution in [1.82, 2.24) is 10.2 Å². The summed E-state index contributed by atoms with van der Waals surface area (Å²) in [6.07, 6.45) is 0. The van der Waals surface area contributed by atoms with E-state index in [1.54, 1.807) is 18.2 Å². The molecule has 25 heavy (non-hydrogen) atoms. The van der Waals surface area contributed by atoms with E-state index in [1.165, 1.54) is 14.2 Å².